The number of nitrogens with one attached hydrogen (secondary N) is 1. The summed E-state index contributed by atoms with van der Waals surface area (Å²) in [4.78, 5) is 4.31. The number of nitrogens with zero attached hydrogens (tertiary/aromatic N) is 2. The third-order valence-corrected chi connectivity index (χ3v) is 3.84. The van der Waals surface area contributed by atoms with Crippen LogP contribution in [0.2, 0.25) is 0 Å². The molecule has 2 aromatic rings. The van der Waals surface area contributed by atoms with Gasteiger partial charge in [-0.25, -0.2) is 9.37 Å². The summed E-state index contributed by atoms with van der Waals surface area (Å²) in [7, 11) is 2.01. The highest BCUT2D eigenvalue weighted by Gasteiger charge is 2.22. The largest absolute Gasteiger partial charge is 0.338 e. The number of fused-ring (bicyclic) bond motifs is 1. The zero-order valence-corrected chi connectivity index (χ0v) is 11.1. The van der Waals surface area contributed by atoms with Crippen LogP contribution in [0.15, 0.2) is 30.6 Å². The first kappa shape index (κ1) is 12.4. The molecule has 0 saturated carbocycles. The molecule has 1 aliphatic carbocycles. The van der Waals surface area contributed by atoms with Gasteiger partial charge in [0, 0.05) is 38.4 Å². The van der Waals surface area contributed by atoms with Gasteiger partial charge in [0.2, 0.25) is 0 Å². The molecule has 0 bridgehead atoms. The minimum absolute atomic E-state index is 0.132. The number of imidazole rings is 1. The molecule has 1 aromatic heterocycles. The first-order valence-corrected chi connectivity index (χ1v) is 6.72. The minimum Gasteiger partial charge on any atom is -0.338 e. The molecule has 0 amide bonds. The second-order valence-corrected chi connectivity index (χ2v) is 5.09. The van der Waals surface area contributed by atoms with Gasteiger partial charge in [0.1, 0.15) is 11.6 Å². The lowest BCUT2D eigenvalue weighted by molar-refractivity contribution is 0.526. The van der Waals surface area contributed by atoms with Crippen LogP contribution in [0.25, 0.3) is 0 Å². The van der Waals surface area contributed by atoms with E-state index in [2.05, 4.69) is 10.3 Å². The maximum absolute atomic E-state index is 13.1. The van der Waals surface area contributed by atoms with E-state index in [1.54, 1.807) is 12.1 Å². The van der Waals surface area contributed by atoms with Crippen LogP contribution in [0, 0.1) is 5.82 Å². The average molecular weight is 259 g/mol. The Morgan fingerprint density at radius 1 is 1.47 bits per heavy atom. The summed E-state index contributed by atoms with van der Waals surface area (Å²) in [6.45, 7) is 0.895. The summed E-state index contributed by atoms with van der Waals surface area (Å²) >= 11 is 0. The van der Waals surface area contributed by atoms with Crippen molar-refractivity contribution in [2.75, 3.05) is 6.54 Å². The normalized spacial score (nSPS) is 17.7. The Morgan fingerprint density at radius 2 is 2.37 bits per heavy atom. The van der Waals surface area contributed by atoms with Gasteiger partial charge in [0.15, 0.2) is 0 Å². The Morgan fingerprint density at radius 3 is 3.16 bits per heavy atom. The Kier molecular flexibility index (Phi) is 3.34. The van der Waals surface area contributed by atoms with E-state index in [0.29, 0.717) is 6.04 Å². The highest BCUT2D eigenvalue weighted by Crippen LogP contribution is 2.31. The third-order valence-electron chi connectivity index (χ3n) is 3.84. The molecule has 1 atom stereocenters. The summed E-state index contributed by atoms with van der Waals surface area (Å²) in [5.41, 5.74) is 2.40. The van der Waals surface area contributed by atoms with Crippen molar-refractivity contribution in [1.29, 1.82) is 0 Å². The second-order valence-electron chi connectivity index (χ2n) is 5.09. The fourth-order valence-corrected chi connectivity index (χ4v) is 2.79. The molecular formula is C15H18FN3. The van der Waals surface area contributed by atoms with Crippen LogP contribution >= 0.6 is 0 Å². The SMILES string of the molecule is Cn1ccnc1CCNC1CCc2cc(F)ccc21. The quantitative estimate of drug-likeness (QED) is 0.913. The summed E-state index contributed by atoms with van der Waals surface area (Å²) in [6.07, 6.45) is 6.72. The molecule has 0 saturated heterocycles. The van der Waals surface area contributed by atoms with Crippen LogP contribution in [-0.2, 0) is 19.9 Å². The van der Waals surface area contributed by atoms with Crippen molar-refractivity contribution >= 4 is 0 Å². The van der Waals surface area contributed by atoms with Crippen LogP contribution in [0.3, 0.4) is 0 Å². The van der Waals surface area contributed by atoms with Crippen LogP contribution in [-0.4, -0.2) is 16.1 Å². The lowest BCUT2D eigenvalue weighted by Crippen LogP contribution is -2.22. The molecule has 1 unspecified atom stereocenters. The third kappa shape index (κ3) is 2.54. The number of rotatable bonds is 4. The van der Waals surface area contributed by atoms with E-state index in [0.717, 1.165) is 37.2 Å². The monoisotopic (exact) mass is 259 g/mol. The Bertz CT molecular complexity index is 577. The first-order chi connectivity index (χ1) is 9.24. The molecule has 1 N–H and O–H groups in total. The molecule has 0 fully saturated rings. The van der Waals surface area contributed by atoms with Crippen LogP contribution in [0.1, 0.15) is 29.4 Å². The molecule has 4 heteroatoms. The zero-order chi connectivity index (χ0) is 13.2. The van der Waals surface area contributed by atoms with Gasteiger partial charge in [-0.15, -0.1) is 0 Å². The van der Waals surface area contributed by atoms with Gasteiger partial charge in [0.25, 0.3) is 0 Å². The van der Waals surface area contributed by atoms with Crippen molar-refractivity contribution < 1.29 is 4.39 Å². The number of halogens is 1. The van der Waals surface area contributed by atoms with Crippen molar-refractivity contribution in [2.24, 2.45) is 7.05 Å². The molecule has 1 aromatic carbocycles. The first-order valence-electron chi connectivity index (χ1n) is 6.72. The van der Waals surface area contributed by atoms with Crippen LogP contribution < -0.4 is 5.32 Å². The van der Waals surface area contributed by atoms with Gasteiger partial charge in [-0.1, -0.05) is 6.07 Å². The Hall–Kier alpha value is -1.68. The minimum atomic E-state index is -0.132. The van der Waals surface area contributed by atoms with Crippen molar-refractivity contribution in [3.05, 3.63) is 53.4 Å². The molecule has 19 heavy (non-hydrogen) atoms. The molecule has 0 aliphatic heterocycles. The second kappa shape index (κ2) is 5.13. The molecular weight excluding hydrogens is 241 g/mol. The van der Waals surface area contributed by atoms with Crippen molar-refractivity contribution in [1.82, 2.24) is 14.9 Å². The molecule has 1 heterocycles. The zero-order valence-electron chi connectivity index (χ0n) is 11.1. The van der Waals surface area contributed by atoms with Gasteiger partial charge >= 0.3 is 0 Å². The van der Waals surface area contributed by atoms with E-state index in [1.807, 2.05) is 30.1 Å². The molecule has 3 rings (SSSR count). The maximum atomic E-state index is 13.1. The highest BCUT2D eigenvalue weighted by molar-refractivity contribution is 5.34. The van der Waals surface area contributed by atoms with Crippen molar-refractivity contribution in [2.45, 2.75) is 25.3 Å². The summed E-state index contributed by atoms with van der Waals surface area (Å²) in [6, 6.07) is 5.49. The van der Waals surface area contributed by atoms with E-state index >= 15 is 0 Å². The van der Waals surface area contributed by atoms with Crippen LogP contribution in [0.5, 0.6) is 0 Å². The Balaban J connectivity index is 1.60. The van der Waals surface area contributed by atoms with E-state index in [4.69, 9.17) is 0 Å². The topological polar surface area (TPSA) is 29.9 Å². The van der Waals surface area contributed by atoms with E-state index < -0.39 is 0 Å². The maximum Gasteiger partial charge on any atom is 0.123 e. The smallest absolute Gasteiger partial charge is 0.123 e. The fraction of sp³-hybridized carbons (Fsp3) is 0.400. The fourth-order valence-electron chi connectivity index (χ4n) is 2.79. The number of benzene rings is 1. The molecule has 3 nitrogen and oxygen atoms in total. The summed E-state index contributed by atoms with van der Waals surface area (Å²) < 4.78 is 15.2. The van der Waals surface area contributed by atoms with Gasteiger partial charge < -0.3 is 9.88 Å². The molecule has 1 aliphatic rings. The number of aromatic nitrogens is 2. The van der Waals surface area contributed by atoms with Crippen molar-refractivity contribution in [3.63, 3.8) is 0 Å². The van der Waals surface area contributed by atoms with Gasteiger partial charge in [-0.05, 0) is 36.1 Å². The molecule has 100 valence electrons. The Labute approximate surface area is 112 Å². The van der Waals surface area contributed by atoms with Gasteiger partial charge in [-0.3, -0.25) is 0 Å². The summed E-state index contributed by atoms with van der Waals surface area (Å²) in [5, 5.41) is 3.55. The molecule has 0 spiro atoms. The van der Waals surface area contributed by atoms with Crippen LogP contribution in [0.4, 0.5) is 4.39 Å². The number of hydrogen-bond donors (Lipinski definition) is 1. The number of hydrogen-bond acceptors (Lipinski definition) is 2. The molecule has 0 radical (unpaired) electrons. The highest BCUT2D eigenvalue weighted by atomic mass is 19.1. The predicted molar refractivity (Wildman–Crippen MR) is 72.4 cm³/mol. The van der Waals surface area contributed by atoms with E-state index in [-0.39, 0.29) is 5.82 Å². The van der Waals surface area contributed by atoms with Gasteiger partial charge in [-0.2, -0.15) is 0 Å². The average Bonchev–Trinajstić information content (AvgIpc) is 2.97. The van der Waals surface area contributed by atoms with Crippen molar-refractivity contribution in [3.8, 4) is 0 Å². The van der Waals surface area contributed by atoms with E-state index in [1.165, 1.54) is 5.56 Å². The standard InChI is InChI=1S/C15H18FN3/c1-19-9-8-18-15(19)6-7-17-14-5-2-11-10-12(16)3-4-13(11)14/h3-4,8-10,14,17H,2,5-7H2,1H3. The number of aryl methyl sites for hydroxylation is 2. The predicted octanol–water partition coefficient (Wildman–Crippen LogP) is 2.38. The summed E-state index contributed by atoms with van der Waals surface area (Å²) in [5.74, 6) is 0.956. The lowest BCUT2D eigenvalue weighted by atomic mass is 10.1. The lowest BCUT2D eigenvalue weighted by Gasteiger charge is -2.13. The van der Waals surface area contributed by atoms with Gasteiger partial charge in [0.05, 0.1) is 0 Å². The van der Waals surface area contributed by atoms with E-state index in [9.17, 15) is 4.39 Å².